The standard InChI is InChI=1S/C31H28FNO4/c1-36-27-18-25-23(11-14-33-26(25)19-28(27)37-2)15-20-3-5-21(6-4-20)16-29(34)31(12-13-31)30(35)17-22-7-9-24(32)10-8-22/h3-11,14,18-19H,12-13,15-17H2,1-2H3. The molecule has 1 aromatic heterocycles. The van der Waals surface area contributed by atoms with Crippen LogP contribution < -0.4 is 9.47 Å². The number of carbonyl (C=O) groups is 2. The number of carbonyl (C=O) groups excluding carboxylic acids is 2. The highest BCUT2D eigenvalue weighted by Crippen LogP contribution is 2.48. The highest BCUT2D eigenvalue weighted by molar-refractivity contribution is 6.10. The number of nitrogens with zero attached hydrogens (tertiary/aromatic N) is 1. The highest BCUT2D eigenvalue weighted by atomic mass is 19.1. The van der Waals surface area contributed by atoms with Crippen LogP contribution in [0.3, 0.4) is 0 Å². The summed E-state index contributed by atoms with van der Waals surface area (Å²) in [6, 6.07) is 19.7. The normalized spacial score (nSPS) is 13.8. The number of pyridine rings is 1. The molecule has 37 heavy (non-hydrogen) atoms. The zero-order valence-electron chi connectivity index (χ0n) is 20.9. The van der Waals surface area contributed by atoms with E-state index in [1.165, 1.54) is 12.1 Å². The molecule has 0 bridgehead atoms. The van der Waals surface area contributed by atoms with Gasteiger partial charge in [-0.15, -0.1) is 0 Å². The van der Waals surface area contributed by atoms with Crippen LogP contribution in [0.2, 0.25) is 0 Å². The lowest BCUT2D eigenvalue weighted by Gasteiger charge is -2.14. The summed E-state index contributed by atoms with van der Waals surface area (Å²) in [5, 5.41) is 0.995. The third-order valence-corrected chi connectivity index (χ3v) is 7.21. The molecular formula is C31H28FNO4. The van der Waals surface area contributed by atoms with Crippen LogP contribution in [0.1, 0.15) is 35.1 Å². The molecule has 1 aliphatic rings. The SMILES string of the molecule is COc1cc2nccc(Cc3ccc(CC(=O)C4(C(=O)Cc5ccc(F)cc5)CC4)cc3)c2cc1OC. The number of ketones is 2. The zero-order valence-corrected chi connectivity index (χ0v) is 20.9. The summed E-state index contributed by atoms with van der Waals surface area (Å²) >= 11 is 0. The van der Waals surface area contributed by atoms with Crippen molar-refractivity contribution in [2.75, 3.05) is 14.2 Å². The number of hydrogen-bond acceptors (Lipinski definition) is 5. The average Bonchev–Trinajstić information content (AvgIpc) is 3.73. The van der Waals surface area contributed by atoms with Crippen molar-refractivity contribution in [2.45, 2.75) is 32.1 Å². The van der Waals surface area contributed by atoms with Gasteiger partial charge in [0.15, 0.2) is 23.1 Å². The summed E-state index contributed by atoms with van der Waals surface area (Å²) in [5.41, 5.74) is 3.78. The van der Waals surface area contributed by atoms with Gasteiger partial charge in [-0.2, -0.15) is 0 Å². The number of methoxy groups -OCH3 is 2. The van der Waals surface area contributed by atoms with Gasteiger partial charge in [0.25, 0.3) is 0 Å². The maximum absolute atomic E-state index is 13.2. The average molecular weight is 498 g/mol. The Bertz CT molecular complexity index is 1460. The van der Waals surface area contributed by atoms with Crippen molar-refractivity contribution in [3.8, 4) is 11.5 Å². The van der Waals surface area contributed by atoms with Crippen LogP contribution in [0.15, 0.2) is 72.9 Å². The lowest BCUT2D eigenvalue weighted by molar-refractivity contribution is -0.133. The lowest BCUT2D eigenvalue weighted by atomic mass is 9.87. The van der Waals surface area contributed by atoms with Crippen molar-refractivity contribution in [1.82, 2.24) is 4.98 Å². The van der Waals surface area contributed by atoms with E-state index in [4.69, 9.17) is 9.47 Å². The second-order valence-electron chi connectivity index (χ2n) is 9.60. The molecule has 1 fully saturated rings. The number of rotatable bonds is 10. The Morgan fingerprint density at radius 3 is 1.92 bits per heavy atom. The van der Waals surface area contributed by atoms with E-state index in [0.29, 0.717) is 30.8 Å². The lowest BCUT2D eigenvalue weighted by Crippen LogP contribution is -2.28. The van der Waals surface area contributed by atoms with Crippen molar-refractivity contribution in [3.05, 3.63) is 101 Å². The van der Waals surface area contributed by atoms with E-state index in [1.54, 1.807) is 32.5 Å². The molecule has 0 unspecified atom stereocenters. The fraction of sp³-hybridized carbons (Fsp3) is 0.258. The molecule has 4 aromatic rings. The molecular weight excluding hydrogens is 469 g/mol. The molecule has 6 heteroatoms. The van der Waals surface area contributed by atoms with Gasteiger partial charge < -0.3 is 9.47 Å². The van der Waals surface area contributed by atoms with E-state index in [9.17, 15) is 14.0 Å². The monoisotopic (exact) mass is 497 g/mol. The molecule has 1 heterocycles. The predicted octanol–water partition coefficient (Wildman–Crippen LogP) is 5.69. The van der Waals surface area contributed by atoms with Crippen LogP contribution in [0.25, 0.3) is 10.9 Å². The molecule has 5 nitrogen and oxygen atoms in total. The fourth-order valence-corrected chi connectivity index (χ4v) is 4.83. The summed E-state index contributed by atoms with van der Waals surface area (Å²) in [5.74, 6) is 0.846. The number of Topliss-reactive ketones (excluding diaryl/α,β-unsaturated/α-hetero) is 2. The first kappa shape index (κ1) is 24.6. The molecule has 188 valence electrons. The van der Waals surface area contributed by atoms with Gasteiger partial charge >= 0.3 is 0 Å². The molecule has 1 saturated carbocycles. The Kier molecular flexibility index (Phi) is 6.74. The van der Waals surface area contributed by atoms with Gasteiger partial charge in [0.2, 0.25) is 0 Å². The van der Waals surface area contributed by atoms with E-state index in [-0.39, 0.29) is 30.2 Å². The molecule has 0 aliphatic heterocycles. The van der Waals surface area contributed by atoms with E-state index >= 15 is 0 Å². The quantitative estimate of drug-likeness (QED) is 0.264. The predicted molar refractivity (Wildman–Crippen MR) is 140 cm³/mol. The third-order valence-electron chi connectivity index (χ3n) is 7.21. The van der Waals surface area contributed by atoms with Gasteiger partial charge in [-0.3, -0.25) is 14.6 Å². The Morgan fingerprint density at radius 2 is 1.35 bits per heavy atom. The first-order valence-electron chi connectivity index (χ1n) is 12.3. The van der Waals surface area contributed by atoms with Crippen molar-refractivity contribution in [3.63, 3.8) is 0 Å². The van der Waals surface area contributed by atoms with Crippen molar-refractivity contribution < 1.29 is 23.5 Å². The second-order valence-corrected chi connectivity index (χ2v) is 9.60. The molecule has 0 saturated heterocycles. The van der Waals surface area contributed by atoms with Gasteiger partial charge in [-0.1, -0.05) is 36.4 Å². The Hall–Kier alpha value is -4.06. The van der Waals surface area contributed by atoms with Gasteiger partial charge in [0.1, 0.15) is 5.82 Å². The van der Waals surface area contributed by atoms with Crippen LogP contribution in [-0.2, 0) is 28.9 Å². The Labute approximate surface area is 215 Å². The van der Waals surface area contributed by atoms with Gasteiger partial charge in [-0.05, 0) is 65.8 Å². The molecule has 0 radical (unpaired) electrons. The van der Waals surface area contributed by atoms with Crippen LogP contribution >= 0.6 is 0 Å². The minimum atomic E-state index is -0.886. The van der Waals surface area contributed by atoms with Crippen molar-refractivity contribution >= 4 is 22.5 Å². The largest absolute Gasteiger partial charge is 0.493 e. The maximum atomic E-state index is 13.2. The molecule has 0 atom stereocenters. The Balaban J connectivity index is 1.27. The smallest absolute Gasteiger partial charge is 0.162 e. The number of ether oxygens (including phenoxy) is 2. The number of halogens is 1. The van der Waals surface area contributed by atoms with Crippen LogP contribution in [0.5, 0.6) is 11.5 Å². The van der Waals surface area contributed by atoms with E-state index < -0.39 is 5.41 Å². The number of fused-ring (bicyclic) bond motifs is 1. The highest BCUT2D eigenvalue weighted by Gasteiger charge is 2.54. The summed E-state index contributed by atoms with van der Waals surface area (Å²) in [6.07, 6.45) is 4.05. The molecule has 0 N–H and O–H groups in total. The number of hydrogen-bond donors (Lipinski definition) is 0. The Morgan fingerprint density at radius 1 is 0.811 bits per heavy atom. The summed E-state index contributed by atoms with van der Waals surface area (Å²) in [4.78, 5) is 30.5. The minimum Gasteiger partial charge on any atom is -0.493 e. The second kappa shape index (κ2) is 10.1. The van der Waals surface area contributed by atoms with Gasteiger partial charge in [0, 0.05) is 30.5 Å². The third kappa shape index (κ3) is 5.10. The number of benzene rings is 3. The van der Waals surface area contributed by atoms with Crippen molar-refractivity contribution in [1.29, 1.82) is 0 Å². The zero-order chi connectivity index (χ0) is 26.0. The van der Waals surface area contributed by atoms with E-state index in [0.717, 1.165) is 33.2 Å². The van der Waals surface area contributed by atoms with Crippen LogP contribution in [0.4, 0.5) is 4.39 Å². The number of aromatic nitrogens is 1. The van der Waals surface area contributed by atoms with Crippen molar-refractivity contribution in [2.24, 2.45) is 5.41 Å². The maximum Gasteiger partial charge on any atom is 0.162 e. The van der Waals surface area contributed by atoms with E-state index in [2.05, 4.69) is 4.98 Å². The summed E-state index contributed by atoms with van der Waals surface area (Å²) in [6.45, 7) is 0. The minimum absolute atomic E-state index is 0.0338. The molecule has 0 spiro atoms. The molecule has 3 aromatic carbocycles. The van der Waals surface area contributed by atoms with Crippen LogP contribution in [0, 0.1) is 11.2 Å². The first-order chi connectivity index (χ1) is 17.9. The summed E-state index contributed by atoms with van der Waals surface area (Å²) < 4.78 is 24.0. The molecule has 5 rings (SSSR count). The van der Waals surface area contributed by atoms with Crippen LogP contribution in [-0.4, -0.2) is 30.8 Å². The fourth-order valence-electron chi connectivity index (χ4n) is 4.83. The van der Waals surface area contributed by atoms with Gasteiger partial charge in [0.05, 0.1) is 25.2 Å². The summed E-state index contributed by atoms with van der Waals surface area (Å²) in [7, 11) is 3.22. The van der Waals surface area contributed by atoms with E-state index in [1.807, 2.05) is 42.5 Å². The molecule has 0 amide bonds. The first-order valence-corrected chi connectivity index (χ1v) is 12.3. The topological polar surface area (TPSA) is 65.5 Å². The van der Waals surface area contributed by atoms with Gasteiger partial charge in [-0.25, -0.2) is 4.39 Å². The molecule has 1 aliphatic carbocycles.